The second-order valence-corrected chi connectivity index (χ2v) is 12.2. The number of hydrogen-bond acceptors (Lipinski definition) is 2. The minimum atomic E-state index is 0.236. The number of rotatable bonds is 4. The first-order valence-electron chi connectivity index (χ1n) is 13.2. The van der Waals surface area contributed by atoms with Crippen molar-refractivity contribution in [3.8, 4) is 11.3 Å². The Morgan fingerprint density at radius 1 is 0.812 bits per heavy atom. The topological polar surface area (TPSA) is 16.1 Å². The molecule has 0 bridgehead atoms. The molecular formula is C30H42N2. The van der Waals surface area contributed by atoms with Crippen molar-refractivity contribution in [2.75, 3.05) is 18.0 Å². The average molecular weight is 431 g/mol. The van der Waals surface area contributed by atoms with Crippen LogP contribution in [0.2, 0.25) is 0 Å². The van der Waals surface area contributed by atoms with Gasteiger partial charge in [0.05, 0.1) is 5.69 Å². The van der Waals surface area contributed by atoms with E-state index < -0.39 is 0 Å². The van der Waals surface area contributed by atoms with Crippen molar-refractivity contribution in [2.24, 2.45) is 11.8 Å². The fraction of sp³-hybridized carbons (Fsp3) is 0.633. The van der Waals surface area contributed by atoms with Crippen LogP contribution in [0.3, 0.4) is 0 Å². The zero-order chi connectivity index (χ0) is 22.3. The molecule has 2 aliphatic carbocycles. The summed E-state index contributed by atoms with van der Waals surface area (Å²) in [6, 6.07) is 13.7. The van der Waals surface area contributed by atoms with Crippen molar-refractivity contribution in [2.45, 2.75) is 96.3 Å². The summed E-state index contributed by atoms with van der Waals surface area (Å²) < 4.78 is 0. The summed E-state index contributed by atoms with van der Waals surface area (Å²) in [6.45, 7) is 11.9. The van der Waals surface area contributed by atoms with Gasteiger partial charge in [0.15, 0.2) is 0 Å². The third-order valence-electron chi connectivity index (χ3n) is 8.96. The maximum atomic E-state index is 5.15. The van der Waals surface area contributed by atoms with Crippen LogP contribution in [-0.2, 0) is 10.8 Å². The summed E-state index contributed by atoms with van der Waals surface area (Å²) in [7, 11) is 0. The Balaban J connectivity index is 1.33. The second kappa shape index (κ2) is 8.50. The molecule has 3 aliphatic rings. The zero-order valence-electron chi connectivity index (χ0n) is 20.8. The average Bonchev–Trinajstić information content (AvgIpc) is 3.30. The highest BCUT2D eigenvalue weighted by molar-refractivity contribution is 5.65. The highest BCUT2D eigenvalue weighted by atomic mass is 15.2. The predicted molar refractivity (Wildman–Crippen MR) is 136 cm³/mol. The van der Waals surface area contributed by atoms with Gasteiger partial charge in [-0.1, -0.05) is 71.6 Å². The molecule has 2 heterocycles. The standard InChI is InChI=1S/C30H42N2/c1-29(2)16-17-30(3,4)26-21-24(12-13-25(26)29)27-10-7-11-28(31-27)32-18-14-23(15-19-32)20-22-8-5-6-9-22/h7,10-13,21-23H,5-6,8-9,14-20H2,1-4H3. The molecule has 1 aromatic heterocycles. The smallest absolute Gasteiger partial charge is 0.129 e. The summed E-state index contributed by atoms with van der Waals surface area (Å²) in [5.41, 5.74) is 5.94. The van der Waals surface area contributed by atoms with Gasteiger partial charge in [0.2, 0.25) is 0 Å². The number of anilines is 1. The molecule has 2 heteroatoms. The van der Waals surface area contributed by atoms with E-state index >= 15 is 0 Å². The van der Waals surface area contributed by atoms with Gasteiger partial charge in [0, 0.05) is 18.7 Å². The molecule has 0 unspecified atom stereocenters. The first-order valence-corrected chi connectivity index (χ1v) is 13.2. The van der Waals surface area contributed by atoms with Gasteiger partial charge in [-0.25, -0.2) is 4.98 Å². The highest BCUT2D eigenvalue weighted by Crippen LogP contribution is 2.46. The third-order valence-corrected chi connectivity index (χ3v) is 8.96. The Kier molecular flexibility index (Phi) is 5.84. The molecule has 172 valence electrons. The number of hydrogen-bond donors (Lipinski definition) is 0. The summed E-state index contributed by atoms with van der Waals surface area (Å²) in [4.78, 5) is 7.68. The van der Waals surface area contributed by atoms with E-state index in [1.807, 2.05) is 0 Å². The van der Waals surface area contributed by atoms with E-state index in [0.29, 0.717) is 0 Å². The van der Waals surface area contributed by atoms with Gasteiger partial charge >= 0.3 is 0 Å². The van der Waals surface area contributed by atoms with Crippen LogP contribution in [0.15, 0.2) is 36.4 Å². The normalized spacial score (nSPS) is 23.3. The fourth-order valence-corrected chi connectivity index (χ4v) is 6.62. The molecule has 0 radical (unpaired) electrons. The van der Waals surface area contributed by atoms with Crippen LogP contribution in [0.5, 0.6) is 0 Å². The first-order chi connectivity index (χ1) is 15.3. The molecule has 0 atom stereocenters. The molecule has 1 saturated carbocycles. The lowest BCUT2D eigenvalue weighted by Crippen LogP contribution is -2.34. The van der Waals surface area contributed by atoms with Crippen LogP contribution in [0.25, 0.3) is 11.3 Å². The van der Waals surface area contributed by atoms with E-state index in [9.17, 15) is 0 Å². The quantitative estimate of drug-likeness (QED) is 0.490. The van der Waals surface area contributed by atoms with Gasteiger partial charge in [-0.2, -0.15) is 0 Å². The van der Waals surface area contributed by atoms with Gasteiger partial charge in [-0.05, 0) is 84.1 Å². The molecule has 1 aliphatic heterocycles. The summed E-state index contributed by atoms with van der Waals surface area (Å²) >= 11 is 0. The molecule has 32 heavy (non-hydrogen) atoms. The largest absolute Gasteiger partial charge is 0.357 e. The van der Waals surface area contributed by atoms with E-state index in [2.05, 4.69) is 69.0 Å². The van der Waals surface area contributed by atoms with Gasteiger partial charge in [-0.3, -0.25) is 0 Å². The third kappa shape index (κ3) is 4.35. The monoisotopic (exact) mass is 430 g/mol. The molecule has 0 amide bonds. The Bertz CT molecular complexity index is 943. The van der Waals surface area contributed by atoms with Crippen LogP contribution in [0, 0.1) is 11.8 Å². The Morgan fingerprint density at radius 2 is 1.47 bits per heavy atom. The van der Waals surface area contributed by atoms with Crippen LogP contribution < -0.4 is 4.90 Å². The number of benzene rings is 1. The number of nitrogens with zero attached hydrogens (tertiary/aromatic N) is 2. The van der Waals surface area contributed by atoms with Crippen LogP contribution in [0.1, 0.15) is 96.6 Å². The van der Waals surface area contributed by atoms with E-state index in [4.69, 9.17) is 4.98 Å². The Labute approximate surface area is 195 Å². The molecule has 2 nitrogen and oxygen atoms in total. The highest BCUT2D eigenvalue weighted by Gasteiger charge is 2.37. The molecule has 1 aromatic carbocycles. The van der Waals surface area contributed by atoms with E-state index in [1.54, 1.807) is 0 Å². The van der Waals surface area contributed by atoms with Crippen molar-refractivity contribution in [3.63, 3.8) is 0 Å². The van der Waals surface area contributed by atoms with Crippen LogP contribution >= 0.6 is 0 Å². The van der Waals surface area contributed by atoms with Crippen LogP contribution in [-0.4, -0.2) is 18.1 Å². The number of piperidine rings is 1. The first kappa shape index (κ1) is 22.0. The lowest BCUT2D eigenvalue weighted by Gasteiger charge is -2.42. The summed E-state index contributed by atoms with van der Waals surface area (Å²) in [5, 5.41) is 0. The molecule has 0 spiro atoms. The van der Waals surface area contributed by atoms with Crippen molar-refractivity contribution in [1.29, 1.82) is 0 Å². The van der Waals surface area contributed by atoms with Crippen molar-refractivity contribution in [1.82, 2.24) is 4.98 Å². The summed E-state index contributed by atoms with van der Waals surface area (Å²) in [5.74, 6) is 3.12. The van der Waals surface area contributed by atoms with E-state index in [0.717, 1.165) is 17.5 Å². The number of fused-ring (bicyclic) bond motifs is 1. The molecule has 0 N–H and O–H groups in total. The number of aromatic nitrogens is 1. The predicted octanol–water partition coefficient (Wildman–Crippen LogP) is 7.89. The van der Waals surface area contributed by atoms with Crippen molar-refractivity contribution in [3.05, 3.63) is 47.5 Å². The molecule has 1 saturated heterocycles. The van der Waals surface area contributed by atoms with E-state index in [-0.39, 0.29) is 10.8 Å². The lowest BCUT2D eigenvalue weighted by molar-refractivity contribution is 0.317. The molecule has 5 rings (SSSR count). The van der Waals surface area contributed by atoms with Crippen molar-refractivity contribution < 1.29 is 0 Å². The Hall–Kier alpha value is -1.83. The van der Waals surface area contributed by atoms with E-state index in [1.165, 1.54) is 93.4 Å². The minimum absolute atomic E-state index is 0.236. The van der Waals surface area contributed by atoms with Gasteiger partial charge < -0.3 is 4.90 Å². The maximum absolute atomic E-state index is 5.15. The minimum Gasteiger partial charge on any atom is -0.357 e. The zero-order valence-corrected chi connectivity index (χ0v) is 20.8. The van der Waals surface area contributed by atoms with Crippen molar-refractivity contribution >= 4 is 5.82 Å². The van der Waals surface area contributed by atoms with Gasteiger partial charge in [0.25, 0.3) is 0 Å². The van der Waals surface area contributed by atoms with Crippen LogP contribution in [0.4, 0.5) is 5.82 Å². The second-order valence-electron chi connectivity index (χ2n) is 12.2. The van der Waals surface area contributed by atoms with Gasteiger partial charge in [-0.15, -0.1) is 0 Å². The number of pyridine rings is 1. The molecule has 2 aromatic rings. The lowest BCUT2D eigenvalue weighted by atomic mass is 9.63. The summed E-state index contributed by atoms with van der Waals surface area (Å²) in [6.07, 6.45) is 12.6. The Morgan fingerprint density at radius 3 is 2.19 bits per heavy atom. The van der Waals surface area contributed by atoms with Gasteiger partial charge in [0.1, 0.15) is 5.82 Å². The maximum Gasteiger partial charge on any atom is 0.129 e. The fourth-order valence-electron chi connectivity index (χ4n) is 6.62. The molecule has 2 fully saturated rings. The molecular weight excluding hydrogens is 388 g/mol. The SMILES string of the molecule is CC1(C)CCC(C)(C)c2cc(-c3cccc(N4CCC(CC5CCCC5)CC4)n3)ccc21.